The summed E-state index contributed by atoms with van der Waals surface area (Å²) >= 11 is 0. The van der Waals surface area contributed by atoms with Crippen molar-refractivity contribution in [3.63, 3.8) is 0 Å². The van der Waals surface area contributed by atoms with E-state index >= 15 is 0 Å². The lowest BCUT2D eigenvalue weighted by atomic mass is 10.1. The van der Waals surface area contributed by atoms with E-state index in [0.29, 0.717) is 0 Å². The maximum absolute atomic E-state index is 6.09. The second kappa shape index (κ2) is 8.17. The van der Waals surface area contributed by atoms with E-state index in [1.807, 2.05) is 38.1 Å². The van der Waals surface area contributed by atoms with Crippen LogP contribution in [-0.4, -0.2) is 9.13 Å². The van der Waals surface area contributed by atoms with Crippen molar-refractivity contribution in [2.45, 2.75) is 20.8 Å². The van der Waals surface area contributed by atoms with E-state index in [1.54, 1.807) is 0 Å². The number of hydrogen-bond donors (Lipinski definition) is 0. The molecule has 4 aromatic heterocycles. The fourth-order valence-corrected chi connectivity index (χ4v) is 5.37. The zero-order valence-electron chi connectivity index (χ0n) is 21.0. The summed E-state index contributed by atoms with van der Waals surface area (Å²) in [5.41, 5.74) is 7.69. The average molecular weight is 483 g/mol. The Morgan fingerprint density at radius 1 is 0.486 bits per heavy atom. The largest absolute Gasteiger partial charge is 0.460 e. The molecular weight excluding hydrogens is 456 g/mol. The van der Waals surface area contributed by atoms with E-state index in [-0.39, 0.29) is 0 Å². The first-order valence-corrected chi connectivity index (χ1v) is 12.5. The molecule has 4 heterocycles. The fourth-order valence-electron chi connectivity index (χ4n) is 5.37. The highest BCUT2D eigenvalue weighted by molar-refractivity contribution is 5.90. The van der Waals surface area contributed by atoms with E-state index in [4.69, 9.17) is 8.83 Å². The van der Waals surface area contributed by atoms with Crippen LogP contribution in [0.4, 0.5) is 0 Å². The summed E-state index contributed by atoms with van der Waals surface area (Å²) in [7, 11) is 0. The number of benzene rings is 3. The summed E-state index contributed by atoms with van der Waals surface area (Å²) in [6, 6.07) is 36.2. The van der Waals surface area contributed by atoms with Crippen molar-refractivity contribution < 1.29 is 8.83 Å². The molecule has 0 fully saturated rings. The number of aromatic nitrogens is 2. The zero-order chi connectivity index (χ0) is 25.1. The molecule has 37 heavy (non-hydrogen) atoms. The van der Waals surface area contributed by atoms with Crippen molar-refractivity contribution in [2.24, 2.45) is 0 Å². The van der Waals surface area contributed by atoms with Gasteiger partial charge in [0, 0.05) is 22.1 Å². The quantitative estimate of drug-likeness (QED) is 0.251. The van der Waals surface area contributed by atoms with Gasteiger partial charge in [-0.1, -0.05) is 36.4 Å². The number of aryl methyl sites for hydroxylation is 3. The molecule has 0 N–H and O–H groups in total. The molecule has 180 valence electrons. The molecule has 0 spiro atoms. The Labute approximate surface area is 215 Å². The maximum atomic E-state index is 6.09. The Kier molecular flexibility index (Phi) is 4.76. The van der Waals surface area contributed by atoms with Crippen LogP contribution in [0.3, 0.4) is 0 Å². The van der Waals surface area contributed by atoms with E-state index in [2.05, 4.69) is 94.9 Å². The number of fused-ring (bicyclic) bond motifs is 2. The van der Waals surface area contributed by atoms with Crippen LogP contribution in [0.25, 0.3) is 56.1 Å². The molecule has 0 amide bonds. The molecule has 7 aromatic rings. The van der Waals surface area contributed by atoms with Gasteiger partial charge in [-0.05, 0) is 93.1 Å². The molecular formula is C33H26N2O2. The minimum absolute atomic E-state index is 0.856. The first-order chi connectivity index (χ1) is 18.0. The summed E-state index contributed by atoms with van der Waals surface area (Å²) in [5, 5.41) is 2.35. The van der Waals surface area contributed by atoms with Crippen molar-refractivity contribution >= 4 is 21.8 Å². The van der Waals surface area contributed by atoms with Gasteiger partial charge in [0.05, 0.1) is 22.4 Å². The molecule has 7 rings (SSSR count). The van der Waals surface area contributed by atoms with Crippen molar-refractivity contribution in [1.82, 2.24) is 9.13 Å². The van der Waals surface area contributed by atoms with Crippen LogP contribution in [-0.2, 0) is 0 Å². The predicted octanol–water partition coefficient (Wildman–Crippen LogP) is 9.02. The molecule has 0 bridgehead atoms. The Morgan fingerprint density at radius 2 is 0.946 bits per heavy atom. The lowest BCUT2D eigenvalue weighted by Gasteiger charge is -2.16. The topological polar surface area (TPSA) is 36.1 Å². The van der Waals surface area contributed by atoms with Crippen LogP contribution in [0.15, 0.2) is 112 Å². The van der Waals surface area contributed by atoms with E-state index in [9.17, 15) is 0 Å². The second-order valence-electron chi connectivity index (χ2n) is 9.69. The van der Waals surface area contributed by atoms with Gasteiger partial charge in [0.2, 0.25) is 0 Å². The van der Waals surface area contributed by atoms with Gasteiger partial charge in [-0.25, -0.2) is 0 Å². The van der Waals surface area contributed by atoms with Crippen LogP contribution in [0.2, 0.25) is 0 Å². The summed E-state index contributed by atoms with van der Waals surface area (Å²) in [6.07, 6.45) is 0. The molecule has 0 aliphatic heterocycles. The molecule has 4 nitrogen and oxygen atoms in total. The highest BCUT2D eigenvalue weighted by Crippen LogP contribution is 2.36. The number of hydrogen-bond acceptors (Lipinski definition) is 2. The predicted molar refractivity (Wildman–Crippen MR) is 150 cm³/mol. The Balaban J connectivity index is 1.51. The Hall–Kier alpha value is -4.70. The molecule has 0 radical (unpaired) electrons. The smallest absolute Gasteiger partial charge is 0.151 e. The minimum atomic E-state index is 0.856. The molecule has 0 atom stereocenters. The van der Waals surface area contributed by atoms with Crippen LogP contribution in [0.1, 0.15) is 17.1 Å². The normalized spacial score (nSPS) is 11.6. The minimum Gasteiger partial charge on any atom is -0.460 e. The highest BCUT2D eigenvalue weighted by atomic mass is 16.3. The van der Waals surface area contributed by atoms with Crippen LogP contribution in [0, 0.1) is 20.8 Å². The SMILES string of the molecule is Cc1cc(-n2c(-c3ccc(C)o3)cc3ccccc32)cc(-n2c(-c3ccc(C)o3)cc3ccccc32)c1. The highest BCUT2D eigenvalue weighted by Gasteiger charge is 2.19. The van der Waals surface area contributed by atoms with Crippen molar-refractivity contribution in [3.8, 4) is 34.3 Å². The summed E-state index contributed by atoms with van der Waals surface area (Å²) in [4.78, 5) is 0. The van der Waals surface area contributed by atoms with Gasteiger partial charge in [0.15, 0.2) is 11.5 Å². The number of rotatable bonds is 4. The van der Waals surface area contributed by atoms with Gasteiger partial charge in [-0.3, -0.25) is 0 Å². The molecule has 4 heteroatoms. The van der Waals surface area contributed by atoms with Gasteiger partial charge in [-0.15, -0.1) is 0 Å². The lowest BCUT2D eigenvalue weighted by Crippen LogP contribution is -2.02. The monoisotopic (exact) mass is 482 g/mol. The third-order valence-electron chi connectivity index (χ3n) is 6.97. The third kappa shape index (κ3) is 3.53. The summed E-state index contributed by atoms with van der Waals surface area (Å²) < 4.78 is 16.8. The number of nitrogens with zero attached hydrogens (tertiary/aromatic N) is 2. The lowest BCUT2D eigenvalue weighted by molar-refractivity contribution is 0.545. The fraction of sp³-hybridized carbons (Fsp3) is 0.0909. The van der Waals surface area contributed by atoms with Gasteiger partial charge in [-0.2, -0.15) is 0 Å². The first kappa shape index (κ1) is 21.6. The first-order valence-electron chi connectivity index (χ1n) is 12.5. The molecule has 0 unspecified atom stereocenters. The molecule has 0 saturated heterocycles. The standard InChI is InChI=1S/C33H26N2O2/c1-21-16-26(34-28-10-6-4-8-24(28)18-30(34)32-14-12-22(2)36-32)20-27(17-21)35-29-11-7-5-9-25(29)19-31(35)33-15-13-23(3)37-33/h4-20H,1-3H3. The van der Waals surface area contributed by atoms with E-state index < -0.39 is 0 Å². The van der Waals surface area contributed by atoms with Crippen molar-refractivity contribution in [1.29, 1.82) is 0 Å². The van der Waals surface area contributed by atoms with Crippen LogP contribution < -0.4 is 0 Å². The van der Waals surface area contributed by atoms with Crippen molar-refractivity contribution in [2.75, 3.05) is 0 Å². The van der Waals surface area contributed by atoms with Crippen molar-refractivity contribution in [3.05, 3.63) is 120 Å². The van der Waals surface area contributed by atoms with E-state index in [0.717, 1.165) is 56.8 Å². The molecule has 0 saturated carbocycles. The molecule has 0 aliphatic carbocycles. The maximum Gasteiger partial charge on any atom is 0.151 e. The van der Waals surface area contributed by atoms with Gasteiger partial charge >= 0.3 is 0 Å². The van der Waals surface area contributed by atoms with E-state index in [1.165, 1.54) is 16.3 Å². The molecule has 0 aliphatic rings. The molecule has 3 aromatic carbocycles. The third-order valence-corrected chi connectivity index (χ3v) is 6.97. The van der Waals surface area contributed by atoms with Gasteiger partial charge in [0.1, 0.15) is 11.5 Å². The van der Waals surface area contributed by atoms with Gasteiger partial charge in [0.25, 0.3) is 0 Å². The Morgan fingerprint density at radius 3 is 1.38 bits per heavy atom. The van der Waals surface area contributed by atoms with Crippen LogP contribution in [0.5, 0.6) is 0 Å². The average Bonchev–Trinajstić information content (AvgIpc) is 3.67. The Bertz CT molecular complexity index is 1790. The summed E-state index contributed by atoms with van der Waals surface area (Å²) in [6.45, 7) is 6.12. The number of furan rings is 2. The van der Waals surface area contributed by atoms with Gasteiger partial charge < -0.3 is 18.0 Å². The van der Waals surface area contributed by atoms with Crippen LogP contribution >= 0.6 is 0 Å². The summed E-state index contributed by atoms with van der Waals surface area (Å²) in [5.74, 6) is 3.51. The second-order valence-corrected chi connectivity index (χ2v) is 9.69. The zero-order valence-corrected chi connectivity index (χ0v) is 21.0. The number of para-hydroxylation sites is 2.